The van der Waals surface area contributed by atoms with Crippen LogP contribution in [0.5, 0.6) is 0 Å². The Hall–Kier alpha value is -1.31. The maximum atomic E-state index is 10.6. The maximum Gasteiger partial charge on any atom is 0.303 e. The number of aryl methyl sites for hydroxylation is 1. The normalized spacial score (nSPS) is 12.4. The van der Waals surface area contributed by atoms with Crippen molar-refractivity contribution < 1.29 is 9.90 Å². The van der Waals surface area contributed by atoms with E-state index >= 15 is 0 Å². The van der Waals surface area contributed by atoms with Crippen molar-refractivity contribution in [3.63, 3.8) is 0 Å². The number of unbranched alkanes of at least 4 members (excludes halogenated alkanes) is 1. The van der Waals surface area contributed by atoms with Gasteiger partial charge in [0.1, 0.15) is 0 Å². The molecule has 0 aliphatic rings. The van der Waals surface area contributed by atoms with Crippen LogP contribution in [0.15, 0.2) is 24.3 Å². The predicted molar refractivity (Wildman–Crippen MR) is 65.7 cm³/mol. The summed E-state index contributed by atoms with van der Waals surface area (Å²) in [6.45, 7) is 4.14. The zero-order valence-electron chi connectivity index (χ0n) is 10.1. The molecule has 0 amide bonds. The molecule has 0 heterocycles. The molecule has 0 aromatic heterocycles. The SMILES string of the molecule is CCCCc1ccc(C(C)CC(=O)O)cc1. The highest BCUT2D eigenvalue weighted by Crippen LogP contribution is 2.19. The minimum atomic E-state index is -0.734. The van der Waals surface area contributed by atoms with E-state index < -0.39 is 5.97 Å². The Morgan fingerprint density at radius 1 is 1.31 bits per heavy atom. The molecule has 1 aromatic rings. The van der Waals surface area contributed by atoms with Gasteiger partial charge in [0.2, 0.25) is 0 Å². The maximum absolute atomic E-state index is 10.6. The summed E-state index contributed by atoms with van der Waals surface area (Å²) >= 11 is 0. The van der Waals surface area contributed by atoms with Gasteiger partial charge in [0.15, 0.2) is 0 Å². The van der Waals surface area contributed by atoms with E-state index in [9.17, 15) is 4.79 Å². The quantitative estimate of drug-likeness (QED) is 0.795. The van der Waals surface area contributed by atoms with Gasteiger partial charge in [-0.1, -0.05) is 44.5 Å². The standard InChI is InChI=1S/C14H20O2/c1-3-4-5-12-6-8-13(9-7-12)11(2)10-14(15)16/h6-9,11H,3-5,10H2,1-2H3,(H,15,16). The highest BCUT2D eigenvalue weighted by molar-refractivity contribution is 5.67. The van der Waals surface area contributed by atoms with Crippen LogP contribution in [0.4, 0.5) is 0 Å². The fraction of sp³-hybridized carbons (Fsp3) is 0.500. The fourth-order valence-electron chi connectivity index (χ4n) is 1.77. The molecule has 1 atom stereocenters. The van der Waals surface area contributed by atoms with Crippen molar-refractivity contribution in [2.45, 2.75) is 45.4 Å². The van der Waals surface area contributed by atoms with Gasteiger partial charge in [-0.25, -0.2) is 0 Å². The lowest BCUT2D eigenvalue weighted by Crippen LogP contribution is -2.02. The summed E-state index contributed by atoms with van der Waals surface area (Å²) in [5.74, 6) is -0.639. The molecule has 0 spiro atoms. The summed E-state index contributed by atoms with van der Waals surface area (Å²) < 4.78 is 0. The van der Waals surface area contributed by atoms with E-state index in [0.29, 0.717) is 0 Å². The largest absolute Gasteiger partial charge is 0.481 e. The number of hydrogen-bond acceptors (Lipinski definition) is 1. The molecule has 88 valence electrons. The molecule has 0 aliphatic heterocycles. The first-order valence-corrected chi connectivity index (χ1v) is 5.94. The third-order valence-electron chi connectivity index (χ3n) is 2.85. The summed E-state index contributed by atoms with van der Waals surface area (Å²) in [6, 6.07) is 8.34. The Kier molecular flexibility index (Phi) is 5.03. The first kappa shape index (κ1) is 12.8. The third kappa shape index (κ3) is 4.05. The van der Waals surface area contributed by atoms with Crippen molar-refractivity contribution in [2.24, 2.45) is 0 Å². The molecule has 0 bridgehead atoms. The predicted octanol–water partition coefficient (Wildman–Crippen LogP) is 3.61. The molecular formula is C14H20O2. The van der Waals surface area contributed by atoms with Gasteiger partial charge in [-0.2, -0.15) is 0 Å². The molecule has 1 rings (SSSR count). The molecule has 0 aliphatic carbocycles. The Balaban J connectivity index is 2.59. The van der Waals surface area contributed by atoms with Crippen molar-refractivity contribution in [1.29, 1.82) is 0 Å². The van der Waals surface area contributed by atoms with Crippen molar-refractivity contribution in [3.8, 4) is 0 Å². The number of benzene rings is 1. The topological polar surface area (TPSA) is 37.3 Å². The zero-order valence-corrected chi connectivity index (χ0v) is 10.1. The van der Waals surface area contributed by atoms with Crippen molar-refractivity contribution in [3.05, 3.63) is 35.4 Å². The number of aliphatic carboxylic acids is 1. The second kappa shape index (κ2) is 6.31. The lowest BCUT2D eigenvalue weighted by Gasteiger charge is -2.09. The van der Waals surface area contributed by atoms with E-state index in [1.807, 2.05) is 6.92 Å². The van der Waals surface area contributed by atoms with Gasteiger partial charge in [-0.15, -0.1) is 0 Å². The summed E-state index contributed by atoms with van der Waals surface area (Å²) in [4.78, 5) is 10.6. The van der Waals surface area contributed by atoms with Crippen LogP contribution in [0.1, 0.15) is 50.2 Å². The first-order chi connectivity index (χ1) is 7.63. The second-order valence-corrected chi connectivity index (χ2v) is 4.34. The number of carboxylic acid groups (broad SMARTS) is 1. The van der Waals surface area contributed by atoms with Gasteiger partial charge >= 0.3 is 5.97 Å². The van der Waals surface area contributed by atoms with Crippen LogP contribution in [0.25, 0.3) is 0 Å². The molecule has 1 aromatic carbocycles. The highest BCUT2D eigenvalue weighted by atomic mass is 16.4. The first-order valence-electron chi connectivity index (χ1n) is 5.94. The lowest BCUT2D eigenvalue weighted by molar-refractivity contribution is -0.137. The molecule has 16 heavy (non-hydrogen) atoms. The molecule has 1 N–H and O–H groups in total. The number of hydrogen-bond donors (Lipinski definition) is 1. The van der Waals surface area contributed by atoms with Gasteiger partial charge in [-0.05, 0) is 29.9 Å². The van der Waals surface area contributed by atoms with E-state index in [1.165, 1.54) is 18.4 Å². The fourth-order valence-corrected chi connectivity index (χ4v) is 1.77. The average Bonchev–Trinajstić information content (AvgIpc) is 2.26. The monoisotopic (exact) mass is 220 g/mol. The van der Waals surface area contributed by atoms with E-state index in [4.69, 9.17) is 5.11 Å². The minimum Gasteiger partial charge on any atom is -0.481 e. The van der Waals surface area contributed by atoms with E-state index in [0.717, 1.165) is 12.0 Å². The van der Waals surface area contributed by atoms with Gasteiger partial charge in [0.05, 0.1) is 6.42 Å². The summed E-state index contributed by atoms with van der Waals surface area (Å²) in [7, 11) is 0. The van der Waals surface area contributed by atoms with Crippen LogP contribution < -0.4 is 0 Å². The molecule has 1 unspecified atom stereocenters. The van der Waals surface area contributed by atoms with Crippen LogP contribution in [0.3, 0.4) is 0 Å². The van der Waals surface area contributed by atoms with E-state index in [2.05, 4.69) is 31.2 Å². The number of carbonyl (C=O) groups is 1. The second-order valence-electron chi connectivity index (χ2n) is 4.34. The minimum absolute atomic E-state index is 0.0951. The molecule has 0 saturated carbocycles. The van der Waals surface area contributed by atoms with Crippen LogP contribution in [-0.2, 0) is 11.2 Å². The number of carboxylic acids is 1. The van der Waals surface area contributed by atoms with Crippen LogP contribution >= 0.6 is 0 Å². The highest BCUT2D eigenvalue weighted by Gasteiger charge is 2.09. The van der Waals surface area contributed by atoms with Crippen molar-refractivity contribution in [2.75, 3.05) is 0 Å². The summed E-state index contributed by atoms with van der Waals surface area (Å²) in [5.41, 5.74) is 2.45. The van der Waals surface area contributed by atoms with Gasteiger partial charge in [0, 0.05) is 0 Å². The van der Waals surface area contributed by atoms with Gasteiger partial charge in [0.25, 0.3) is 0 Å². The van der Waals surface area contributed by atoms with Gasteiger partial charge < -0.3 is 5.11 Å². The van der Waals surface area contributed by atoms with Crippen molar-refractivity contribution >= 4 is 5.97 Å². The smallest absolute Gasteiger partial charge is 0.303 e. The Morgan fingerprint density at radius 2 is 1.94 bits per heavy atom. The Morgan fingerprint density at radius 3 is 2.44 bits per heavy atom. The summed E-state index contributed by atoms with van der Waals surface area (Å²) in [5, 5.41) is 8.72. The lowest BCUT2D eigenvalue weighted by atomic mass is 9.96. The molecule has 0 fully saturated rings. The van der Waals surface area contributed by atoms with E-state index in [-0.39, 0.29) is 12.3 Å². The molecule has 0 saturated heterocycles. The molecule has 2 heteroatoms. The van der Waals surface area contributed by atoms with E-state index in [1.54, 1.807) is 0 Å². The zero-order chi connectivity index (χ0) is 12.0. The van der Waals surface area contributed by atoms with Crippen LogP contribution in [-0.4, -0.2) is 11.1 Å². The Labute approximate surface area is 97.3 Å². The Bertz CT molecular complexity index is 327. The number of rotatable bonds is 6. The van der Waals surface area contributed by atoms with Crippen LogP contribution in [0.2, 0.25) is 0 Å². The third-order valence-corrected chi connectivity index (χ3v) is 2.85. The van der Waals surface area contributed by atoms with Gasteiger partial charge in [-0.3, -0.25) is 4.79 Å². The average molecular weight is 220 g/mol. The molecule has 2 nitrogen and oxygen atoms in total. The van der Waals surface area contributed by atoms with Crippen LogP contribution in [0, 0.1) is 0 Å². The summed E-state index contributed by atoms with van der Waals surface area (Å²) in [6.07, 6.45) is 3.74. The molecular weight excluding hydrogens is 200 g/mol. The van der Waals surface area contributed by atoms with Crippen molar-refractivity contribution in [1.82, 2.24) is 0 Å². The molecule has 0 radical (unpaired) electrons.